The lowest BCUT2D eigenvalue weighted by atomic mass is 9.97. The second-order valence-corrected chi connectivity index (χ2v) is 10.3. The molecule has 1 saturated heterocycles. The molecule has 2 fully saturated rings. The number of urea groups is 1. The molecule has 4 N–H and O–H groups in total. The van der Waals surface area contributed by atoms with E-state index in [1.165, 1.54) is 18.4 Å². The molecule has 1 aliphatic heterocycles. The fraction of sp³-hybridized carbons (Fsp3) is 0.345. The van der Waals surface area contributed by atoms with Crippen molar-refractivity contribution in [1.29, 1.82) is 0 Å². The third-order valence-corrected chi connectivity index (χ3v) is 7.51. The van der Waals surface area contributed by atoms with Gasteiger partial charge in [0, 0.05) is 55.3 Å². The Labute approximate surface area is 226 Å². The minimum Gasteiger partial charge on any atom is -0.382 e. The molecule has 1 aromatic carbocycles. The number of benzene rings is 1. The van der Waals surface area contributed by atoms with Crippen LogP contribution in [0.25, 0.3) is 16.8 Å². The monoisotopic (exact) mass is 524 g/mol. The van der Waals surface area contributed by atoms with E-state index in [1.807, 2.05) is 46.7 Å². The largest absolute Gasteiger partial charge is 0.382 e. The van der Waals surface area contributed by atoms with Gasteiger partial charge in [0.25, 0.3) is 5.91 Å². The van der Waals surface area contributed by atoms with E-state index in [0.29, 0.717) is 41.9 Å². The number of nitrogens with zero attached hydrogens (tertiary/aromatic N) is 5. The van der Waals surface area contributed by atoms with Gasteiger partial charge in [-0.05, 0) is 68.4 Å². The minimum absolute atomic E-state index is 0.0483. The molecule has 1 atom stereocenters. The number of likely N-dealkylation sites (tertiary alicyclic amines) is 1. The minimum atomic E-state index is -0.216. The molecule has 3 amide bonds. The number of nitrogens with two attached hydrogens (primary N) is 1. The third kappa shape index (κ3) is 5.01. The van der Waals surface area contributed by atoms with E-state index in [9.17, 15) is 9.59 Å². The number of hydrogen-bond donors (Lipinski definition) is 3. The molecule has 0 spiro atoms. The molecule has 2 aliphatic rings. The Morgan fingerprint density at radius 3 is 2.64 bits per heavy atom. The number of nitrogen functional groups attached to an aromatic ring is 1. The topological polar surface area (TPSA) is 131 Å². The van der Waals surface area contributed by atoms with Crippen LogP contribution >= 0.6 is 0 Å². The van der Waals surface area contributed by atoms with Gasteiger partial charge in [0.05, 0.1) is 0 Å². The molecule has 4 aromatic rings. The Bertz CT molecular complexity index is 1530. The van der Waals surface area contributed by atoms with Gasteiger partial charge in [-0.2, -0.15) is 0 Å². The molecular formula is C29H32N8O2. The van der Waals surface area contributed by atoms with Crippen molar-refractivity contribution in [2.75, 3.05) is 30.7 Å². The van der Waals surface area contributed by atoms with Gasteiger partial charge in [0.15, 0.2) is 0 Å². The number of aromatic nitrogens is 4. The summed E-state index contributed by atoms with van der Waals surface area (Å²) in [6.45, 7) is 3.83. The average molecular weight is 525 g/mol. The highest BCUT2D eigenvalue weighted by Crippen LogP contribution is 2.40. The van der Waals surface area contributed by atoms with Crippen molar-refractivity contribution >= 4 is 29.1 Å². The van der Waals surface area contributed by atoms with Gasteiger partial charge in [0.2, 0.25) is 0 Å². The Hall–Kier alpha value is -4.47. The van der Waals surface area contributed by atoms with Crippen molar-refractivity contribution in [3.63, 3.8) is 0 Å². The molecule has 10 heteroatoms. The maximum Gasteiger partial charge on any atom is 0.317 e. The zero-order chi connectivity index (χ0) is 26.9. The second kappa shape index (κ2) is 10.4. The van der Waals surface area contributed by atoms with Gasteiger partial charge in [0.1, 0.15) is 28.7 Å². The first-order valence-electron chi connectivity index (χ1n) is 13.5. The number of carbonyl (C=O) groups is 2. The van der Waals surface area contributed by atoms with Gasteiger partial charge in [-0.3, -0.25) is 9.20 Å². The van der Waals surface area contributed by atoms with Crippen molar-refractivity contribution < 1.29 is 9.59 Å². The number of rotatable bonds is 6. The molecule has 0 radical (unpaired) electrons. The maximum absolute atomic E-state index is 12.9. The van der Waals surface area contributed by atoms with Crippen molar-refractivity contribution in [1.82, 2.24) is 29.6 Å². The summed E-state index contributed by atoms with van der Waals surface area (Å²) >= 11 is 0. The summed E-state index contributed by atoms with van der Waals surface area (Å²) in [5.74, 6) is 2.23. The van der Waals surface area contributed by atoms with E-state index in [1.54, 1.807) is 24.5 Å². The number of piperidine rings is 1. The van der Waals surface area contributed by atoms with E-state index in [-0.39, 0.29) is 17.9 Å². The van der Waals surface area contributed by atoms with E-state index < -0.39 is 0 Å². The molecule has 1 aliphatic carbocycles. The number of imidazole rings is 1. The normalized spacial score (nSPS) is 17.3. The predicted octanol–water partition coefficient (Wildman–Crippen LogP) is 4.41. The van der Waals surface area contributed by atoms with Gasteiger partial charge < -0.3 is 21.3 Å². The summed E-state index contributed by atoms with van der Waals surface area (Å²) < 4.78 is 1.99. The third-order valence-electron chi connectivity index (χ3n) is 7.51. The lowest BCUT2D eigenvalue weighted by Gasteiger charge is -2.32. The van der Waals surface area contributed by atoms with Crippen LogP contribution in [-0.2, 0) is 0 Å². The van der Waals surface area contributed by atoms with Crippen molar-refractivity contribution in [2.24, 2.45) is 0 Å². The molecule has 3 aromatic heterocycles. The molecule has 10 nitrogen and oxygen atoms in total. The zero-order valence-electron chi connectivity index (χ0n) is 21.9. The quantitative estimate of drug-likeness (QED) is 0.342. The molecular weight excluding hydrogens is 492 g/mol. The second-order valence-electron chi connectivity index (χ2n) is 10.3. The first-order valence-corrected chi connectivity index (χ1v) is 13.5. The molecule has 39 heavy (non-hydrogen) atoms. The van der Waals surface area contributed by atoms with Crippen molar-refractivity contribution in [3.05, 3.63) is 71.9 Å². The first kappa shape index (κ1) is 24.8. The van der Waals surface area contributed by atoms with Crippen LogP contribution in [-0.4, -0.2) is 55.8 Å². The standard InChI is InChI=1S/C29H32N8O2/c1-2-31-29(39)36-14-3-4-22(17-36)27-35-24(25-26(30)33-13-15-37(25)27)19-7-9-20(10-8-19)28(38)34-23-16-21(11-12-32-23)18-5-6-18/h7-13,15-16,18,22H,2-6,14,17H2,1H3,(H2,30,33)(H,31,39)(H,32,34,38)/t22-/m1/s1. The van der Waals surface area contributed by atoms with Crippen LogP contribution in [0.15, 0.2) is 55.0 Å². The Kier molecular flexibility index (Phi) is 6.60. The van der Waals surface area contributed by atoms with Gasteiger partial charge in [-0.1, -0.05) is 12.1 Å². The fourth-order valence-electron chi connectivity index (χ4n) is 5.37. The van der Waals surface area contributed by atoms with Crippen LogP contribution < -0.4 is 16.4 Å². The lowest BCUT2D eigenvalue weighted by Crippen LogP contribution is -2.45. The van der Waals surface area contributed by atoms with Crippen LogP contribution in [0.3, 0.4) is 0 Å². The molecule has 6 rings (SSSR count). The van der Waals surface area contributed by atoms with Crippen molar-refractivity contribution in [3.8, 4) is 11.3 Å². The molecule has 200 valence electrons. The summed E-state index contributed by atoms with van der Waals surface area (Å²) in [5.41, 5.74) is 10.3. The number of carbonyl (C=O) groups excluding carboxylic acids is 2. The Morgan fingerprint density at radius 1 is 1.05 bits per heavy atom. The fourth-order valence-corrected chi connectivity index (χ4v) is 5.37. The van der Waals surface area contributed by atoms with E-state index in [2.05, 4.69) is 20.6 Å². The highest BCUT2D eigenvalue weighted by atomic mass is 16.2. The predicted molar refractivity (Wildman–Crippen MR) is 150 cm³/mol. The van der Waals surface area contributed by atoms with Crippen LogP contribution in [0.2, 0.25) is 0 Å². The molecule has 0 unspecified atom stereocenters. The van der Waals surface area contributed by atoms with Crippen LogP contribution in [0.5, 0.6) is 0 Å². The average Bonchev–Trinajstić information content (AvgIpc) is 3.74. The summed E-state index contributed by atoms with van der Waals surface area (Å²) in [6.07, 6.45) is 9.48. The number of fused-ring (bicyclic) bond motifs is 1. The zero-order valence-corrected chi connectivity index (χ0v) is 21.9. The van der Waals surface area contributed by atoms with Gasteiger partial charge >= 0.3 is 6.03 Å². The number of anilines is 2. The highest BCUT2D eigenvalue weighted by Gasteiger charge is 2.29. The summed E-state index contributed by atoms with van der Waals surface area (Å²) in [6, 6.07) is 11.2. The SMILES string of the molecule is CCNC(=O)N1CCC[C@@H](c2nc(-c3ccc(C(=O)Nc4cc(C5CC5)ccn4)cc3)c3c(N)nccn23)C1. The number of amides is 3. The van der Waals surface area contributed by atoms with Gasteiger partial charge in [-0.25, -0.2) is 19.7 Å². The lowest BCUT2D eigenvalue weighted by molar-refractivity contribution is 0.102. The number of hydrogen-bond acceptors (Lipinski definition) is 6. The molecule has 1 saturated carbocycles. The van der Waals surface area contributed by atoms with Gasteiger partial charge in [-0.15, -0.1) is 0 Å². The molecule has 0 bridgehead atoms. The summed E-state index contributed by atoms with van der Waals surface area (Å²) in [5, 5.41) is 5.81. The maximum atomic E-state index is 12.9. The van der Waals surface area contributed by atoms with E-state index >= 15 is 0 Å². The highest BCUT2D eigenvalue weighted by molar-refractivity contribution is 6.04. The van der Waals surface area contributed by atoms with Crippen LogP contribution in [0, 0.1) is 0 Å². The van der Waals surface area contributed by atoms with E-state index in [4.69, 9.17) is 10.7 Å². The smallest absolute Gasteiger partial charge is 0.317 e. The summed E-state index contributed by atoms with van der Waals surface area (Å²) in [4.78, 5) is 40.9. The first-order chi connectivity index (χ1) is 19.0. The molecule has 4 heterocycles. The van der Waals surface area contributed by atoms with E-state index in [0.717, 1.165) is 36.3 Å². The number of pyridine rings is 1. The number of nitrogens with one attached hydrogen (secondary N) is 2. The van der Waals surface area contributed by atoms with Crippen LogP contribution in [0.1, 0.15) is 66.2 Å². The van der Waals surface area contributed by atoms with Crippen LogP contribution in [0.4, 0.5) is 16.4 Å². The summed E-state index contributed by atoms with van der Waals surface area (Å²) in [7, 11) is 0. The Morgan fingerprint density at radius 2 is 1.87 bits per heavy atom. The van der Waals surface area contributed by atoms with Crippen molar-refractivity contribution in [2.45, 2.75) is 44.4 Å². The Balaban J connectivity index is 1.26.